The van der Waals surface area contributed by atoms with E-state index < -0.39 is 17.8 Å². The number of anilines is 1. The van der Waals surface area contributed by atoms with Gasteiger partial charge in [0.25, 0.3) is 11.5 Å². The molecule has 3 aromatic heterocycles. The molecule has 1 atom stereocenters. The number of H-pyrrole nitrogens is 1. The Morgan fingerprint density at radius 2 is 2.14 bits per heavy atom. The van der Waals surface area contributed by atoms with Crippen molar-refractivity contribution in [2.24, 2.45) is 0 Å². The van der Waals surface area contributed by atoms with Crippen LogP contribution in [0.4, 0.5) is 10.1 Å². The number of benzene rings is 1. The number of thiophene rings is 1. The molecule has 0 fully saturated rings. The third-order valence-electron chi connectivity index (χ3n) is 6.87. The average Bonchev–Trinajstić information content (AvgIpc) is 3.57. The molecule has 4 aromatic rings. The van der Waals surface area contributed by atoms with Gasteiger partial charge in [-0.3, -0.25) is 19.2 Å². The Bertz CT molecular complexity index is 1570. The number of fused-ring (bicyclic) bond motifs is 2. The number of hydrogen-bond acceptors (Lipinski definition) is 7. The van der Waals surface area contributed by atoms with Crippen LogP contribution in [-0.2, 0) is 25.9 Å². The lowest BCUT2D eigenvalue weighted by molar-refractivity contribution is 0.103. The predicted octanol–water partition coefficient (Wildman–Crippen LogP) is 3.10. The number of carbonyl (C=O) groups is 1. The molecule has 1 unspecified atom stereocenters. The summed E-state index contributed by atoms with van der Waals surface area (Å²) in [6.07, 6.45) is 1.18. The zero-order chi connectivity index (χ0) is 25.7. The Morgan fingerprint density at radius 3 is 2.97 bits per heavy atom. The number of aliphatic hydroxyl groups excluding tert-OH is 1. The molecule has 1 aromatic carbocycles. The minimum atomic E-state index is -0.584. The summed E-state index contributed by atoms with van der Waals surface area (Å²) in [5.41, 5.74) is 3.88. The molecule has 0 radical (unpaired) electrons. The van der Waals surface area contributed by atoms with E-state index >= 15 is 0 Å². The van der Waals surface area contributed by atoms with E-state index in [1.807, 2.05) is 10.7 Å². The highest BCUT2D eigenvalue weighted by Gasteiger charge is 2.25. The molecular weight excluding hydrogens is 495 g/mol. The van der Waals surface area contributed by atoms with Gasteiger partial charge in [0.15, 0.2) is 0 Å². The third kappa shape index (κ3) is 4.61. The minimum absolute atomic E-state index is 0.0112. The first-order chi connectivity index (χ1) is 17.8. The second-order valence-electron chi connectivity index (χ2n) is 9.56. The smallest absolute Gasteiger partial charge is 0.267 e. The van der Waals surface area contributed by atoms with Gasteiger partial charge in [-0.15, -0.1) is 11.3 Å². The molecule has 6 rings (SSSR count). The Morgan fingerprint density at radius 1 is 1.27 bits per heavy atom. The highest BCUT2D eigenvalue weighted by Crippen LogP contribution is 2.37. The first-order valence-corrected chi connectivity index (χ1v) is 12.9. The molecule has 190 valence electrons. The second-order valence-corrected chi connectivity index (χ2v) is 10.7. The fourth-order valence-electron chi connectivity index (χ4n) is 4.88. The van der Waals surface area contributed by atoms with Gasteiger partial charge in [-0.2, -0.15) is 10.2 Å². The number of aromatic amines is 1. The van der Waals surface area contributed by atoms with Crippen LogP contribution in [0.2, 0.25) is 0 Å². The molecule has 11 heteroatoms. The lowest BCUT2D eigenvalue weighted by Gasteiger charge is -2.22. The maximum Gasteiger partial charge on any atom is 0.267 e. The van der Waals surface area contributed by atoms with E-state index in [1.54, 1.807) is 18.2 Å². The topological polar surface area (TPSA) is 116 Å². The van der Waals surface area contributed by atoms with Crippen molar-refractivity contribution in [1.29, 1.82) is 0 Å². The molecule has 0 saturated carbocycles. The number of carbonyl (C=O) groups excluding carboxylic acids is 1. The van der Waals surface area contributed by atoms with Gasteiger partial charge < -0.3 is 10.4 Å². The highest BCUT2D eigenvalue weighted by molar-refractivity contribution is 7.14. The van der Waals surface area contributed by atoms with E-state index in [4.69, 9.17) is 0 Å². The summed E-state index contributed by atoms with van der Waals surface area (Å²) < 4.78 is 16.6. The van der Waals surface area contributed by atoms with Crippen LogP contribution in [0.1, 0.15) is 49.6 Å². The van der Waals surface area contributed by atoms with E-state index in [-0.39, 0.29) is 11.2 Å². The van der Waals surface area contributed by atoms with Crippen LogP contribution in [0.3, 0.4) is 0 Å². The second kappa shape index (κ2) is 9.33. The van der Waals surface area contributed by atoms with E-state index in [0.29, 0.717) is 34.5 Å². The summed E-state index contributed by atoms with van der Waals surface area (Å²) in [4.78, 5) is 29.0. The number of rotatable bonds is 5. The lowest BCUT2D eigenvalue weighted by atomic mass is 10.1. The number of nitrogens with one attached hydrogen (secondary N) is 2. The van der Waals surface area contributed by atoms with E-state index in [0.717, 1.165) is 47.9 Å². The molecule has 37 heavy (non-hydrogen) atoms. The number of halogens is 1. The highest BCUT2D eigenvalue weighted by atomic mass is 32.1. The van der Waals surface area contributed by atoms with Gasteiger partial charge in [-0.1, -0.05) is 0 Å². The molecule has 2 aliphatic rings. The molecule has 1 amide bonds. The van der Waals surface area contributed by atoms with Crippen molar-refractivity contribution < 1.29 is 14.3 Å². The monoisotopic (exact) mass is 520 g/mol. The van der Waals surface area contributed by atoms with Crippen LogP contribution in [-0.4, -0.2) is 49.5 Å². The third-order valence-corrected chi connectivity index (χ3v) is 8.08. The standard InChI is InChI=1S/C26H25FN6O3S/c1-32-6-7-33-17(13-32)11-16(31-33)8-15-10-20(29-30-25(15)35)14-2-3-19(27)21(9-14)28-26(36)24-12-18-22(34)4-5-23(18)37-24/h2-3,9-12,22,34H,4-8,13H2,1H3,(H,28,36)(H,30,35). The lowest BCUT2D eigenvalue weighted by Crippen LogP contribution is -2.30. The maximum absolute atomic E-state index is 14.6. The van der Waals surface area contributed by atoms with Gasteiger partial charge in [-0.05, 0) is 61.9 Å². The predicted molar refractivity (Wildman–Crippen MR) is 137 cm³/mol. The van der Waals surface area contributed by atoms with Gasteiger partial charge in [0.1, 0.15) is 5.82 Å². The van der Waals surface area contributed by atoms with Crippen LogP contribution in [0.25, 0.3) is 11.3 Å². The number of nitrogens with zero attached hydrogens (tertiary/aromatic N) is 4. The van der Waals surface area contributed by atoms with Crippen molar-refractivity contribution in [3.05, 3.63) is 84.8 Å². The summed E-state index contributed by atoms with van der Waals surface area (Å²) in [5.74, 6) is -1.02. The van der Waals surface area contributed by atoms with Crippen molar-refractivity contribution in [2.75, 3.05) is 18.9 Å². The van der Waals surface area contributed by atoms with Crippen molar-refractivity contribution in [3.8, 4) is 11.3 Å². The van der Waals surface area contributed by atoms with Crippen molar-refractivity contribution in [1.82, 2.24) is 24.9 Å². The molecule has 0 bridgehead atoms. The van der Waals surface area contributed by atoms with Gasteiger partial charge >= 0.3 is 0 Å². The number of hydrogen-bond donors (Lipinski definition) is 3. The maximum atomic E-state index is 14.6. The van der Waals surface area contributed by atoms with Crippen LogP contribution >= 0.6 is 11.3 Å². The zero-order valence-electron chi connectivity index (χ0n) is 20.1. The molecule has 1 aliphatic heterocycles. The van der Waals surface area contributed by atoms with E-state index in [2.05, 4.69) is 32.6 Å². The molecule has 1 aliphatic carbocycles. The minimum Gasteiger partial charge on any atom is -0.388 e. The molecule has 3 N–H and O–H groups in total. The van der Waals surface area contributed by atoms with Crippen LogP contribution in [0.15, 0.2) is 41.2 Å². The fraction of sp³-hybridized carbons (Fsp3) is 0.308. The van der Waals surface area contributed by atoms with Crippen molar-refractivity contribution in [3.63, 3.8) is 0 Å². The molecular formula is C26H25FN6O3S. The largest absolute Gasteiger partial charge is 0.388 e. The van der Waals surface area contributed by atoms with Gasteiger partial charge in [0.2, 0.25) is 0 Å². The molecule has 4 heterocycles. The van der Waals surface area contributed by atoms with E-state index in [1.165, 1.54) is 23.5 Å². The number of amides is 1. The Hall–Kier alpha value is -3.67. The van der Waals surface area contributed by atoms with Crippen molar-refractivity contribution >= 4 is 22.9 Å². The summed E-state index contributed by atoms with van der Waals surface area (Å²) in [7, 11) is 2.06. The fourth-order valence-corrected chi connectivity index (χ4v) is 6.01. The summed E-state index contributed by atoms with van der Waals surface area (Å²) >= 11 is 1.32. The van der Waals surface area contributed by atoms with Gasteiger partial charge in [0.05, 0.1) is 40.3 Å². The summed E-state index contributed by atoms with van der Waals surface area (Å²) in [5, 5.41) is 24.0. The van der Waals surface area contributed by atoms with Gasteiger partial charge in [0, 0.05) is 35.5 Å². The Kier molecular flexibility index (Phi) is 5.98. The Balaban J connectivity index is 1.24. The normalized spacial score (nSPS) is 17.0. The number of aryl methyl sites for hydroxylation is 1. The molecule has 0 saturated heterocycles. The first kappa shape index (κ1) is 23.7. The number of aromatic nitrogens is 4. The summed E-state index contributed by atoms with van der Waals surface area (Å²) in [6.45, 7) is 2.54. The Labute approximate surface area is 215 Å². The van der Waals surface area contributed by atoms with Crippen LogP contribution < -0.4 is 10.9 Å². The van der Waals surface area contributed by atoms with Crippen molar-refractivity contribution in [2.45, 2.75) is 38.5 Å². The quantitative estimate of drug-likeness (QED) is 0.373. The summed E-state index contributed by atoms with van der Waals surface area (Å²) in [6, 6.07) is 9.68. The van der Waals surface area contributed by atoms with Crippen LogP contribution in [0, 0.1) is 5.82 Å². The zero-order valence-corrected chi connectivity index (χ0v) is 20.9. The SMILES string of the molecule is CN1CCn2nc(Cc3cc(-c4ccc(F)c(NC(=O)c5cc6c(s5)CCC6O)c4)n[nH]c3=O)cc2C1. The van der Waals surface area contributed by atoms with Crippen LogP contribution in [0.5, 0.6) is 0 Å². The number of aliphatic hydroxyl groups is 1. The first-order valence-electron chi connectivity index (χ1n) is 12.1. The van der Waals surface area contributed by atoms with E-state index in [9.17, 15) is 19.1 Å². The number of likely N-dealkylation sites (N-methyl/N-ethyl adjacent to an activating group) is 1. The van der Waals surface area contributed by atoms with Gasteiger partial charge in [-0.25, -0.2) is 9.49 Å². The molecule has 0 spiro atoms. The molecule has 9 nitrogen and oxygen atoms in total. The average molecular weight is 521 g/mol.